The molecule has 1 amide bonds. The van der Waals surface area contributed by atoms with E-state index in [4.69, 9.17) is 9.47 Å². The molecule has 0 bridgehead atoms. The summed E-state index contributed by atoms with van der Waals surface area (Å²) in [7, 11) is 0. The molecule has 2 saturated heterocycles. The fourth-order valence-electron chi connectivity index (χ4n) is 4.83. The monoisotopic (exact) mass is 403 g/mol. The van der Waals surface area contributed by atoms with Crippen molar-refractivity contribution in [2.24, 2.45) is 11.3 Å². The number of ether oxygens (including phenoxy) is 2. The second kappa shape index (κ2) is 8.44. The molecule has 0 radical (unpaired) electrons. The number of nitrogens with zero attached hydrogens (tertiary/aromatic N) is 1. The van der Waals surface area contributed by atoms with Gasteiger partial charge in [0.15, 0.2) is 0 Å². The highest BCUT2D eigenvalue weighted by Crippen LogP contribution is 2.49. The lowest BCUT2D eigenvalue weighted by molar-refractivity contribution is -0.160. The molecule has 2 aliphatic rings. The maximum absolute atomic E-state index is 13.6. The zero-order chi connectivity index (χ0) is 21.3. The second-order valence-corrected chi connectivity index (χ2v) is 9.13. The van der Waals surface area contributed by atoms with Crippen LogP contribution in [-0.2, 0) is 19.1 Å². The van der Waals surface area contributed by atoms with Crippen LogP contribution in [0.2, 0.25) is 0 Å². The molecule has 2 aliphatic heterocycles. The van der Waals surface area contributed by atoms with Crippen molar-refractivity contribution >= 4 is 11.9 Å². The first-order valence-corrected chi connectivity index (χ1v) is 10.5. The Balaban J connectivity index is 2.14. The van der Waals surface area contributed by atoms with Crippen LogP contribution in [0.1, 0.15) is 57.7 Å². The van der Waals surface area contributed by atoms with Crippen molar-refractivity contribution in [1.82, 2.24) is 4.90 Å². The van der Waals surface area contributed by atoms with E-state index >= 15 is 0 Å². The first-order valence-electron chi connectivity index (χ1n) is 10.5. The third kappa shape index (κ3) is 4.05. The maximum atomic E-state index is 13.6. The number of hydrogen-bond acceptors (Lipinski definition) is 5. The predicted molar refractivity (Wildman–Crippen MR) is 109 cm³/mol. The summed E-state index contributed by atoms with van der Waals surface area (Å²) in [6, 6.07) is 6.23. The summed E-state index contributed by atoms with van der Waals surface area (Å²) in [5.74, 6) is -1.16. The minimum absolute atomic E-state index is 0.222. The van der Waals surface area contributed by atoms with Crippen LogP contribution in [-0.4, -0.2) is 53.3 Å². The molecule has 6 nitrogen and oxygen atoms in total. The van der Waals surface area contributed by atoms with Gasteiger partial charge in [-0.3, -0.25) is 4.79 Å². The van der Waals surface area contributed by atoms with Gasteiger partial charge in [-0.2, -0.15) is 0 Å². The number of aliphatic hydroxyl groups excluding tert-OH is 1. The van der Waals surface area contributed by atoms with Gasteiger partial charge in [-0.25, -0.2) is 4.79 Å². The highest BCUT2D eigenvalue weighted by atomic mass is 16.5. The van der Waals surface area contributed by atoms with Crippen LogP contribution in [0.4, 0.5) is 0 Å². The number of rotatable bonds is 4. The molecule has 160 valence electrons. The number of aliphatic hydroxyl groups is 1. The van der Waals surface area contributed by atoms with Gasteiger partial charge in [0.05, 0.1) is 18.8 Å². The average molecular weight is 404 g/mol. The normalized spacial score (nSPS) is 29.9. The Bertz CT molecular complexity index is 750. The number of likely N-dealkylation sites (tertiary alicyclic amines) is 1. The van der Waals surface area contributed by atoms with Gasteiger partial charge in [-0.1, -0.05) is 45.0 Å². The molecule has 3 rings (SSSR count). The van der Waals surface area contributed by atoms with E-state index in [1.807, 2.05) is 52.0 Å². The summed E-state index contributed by atoms with van der Waals surface area (Å²) in [6.07, 6.45) is -0.0313. The summed E-state index contributed by atoms with van der Waals surface area (Å²) in [6.45, 7) is 10.4. The lowest BCUT2D eigenvalue weighted by Gasteiger charge is -2.35. The van der Waals surface area contributed by atoms with Gasteiger partial charge in [0, 0.05) is 12.5 Å². The molecule has 1 aromatic rings. The molecule has 0 unspecified atom stereocenters. The number of carbonyl (C=O) groups is 2. The van der Waals surface area contributed by atoms with E-state index in [1.165, 1.54) is 0 Å². The van der Waals surface area contributed by atoms with Crippen molar-refractivity contribution in [3.8, 4) is 0 Å². The smallest absolute Gasteiger partial charge is 0.329 e. The Labute approximate surface area is 173 Å². The van der Waals surface area contributed by atoms with Crippen molar-refractivity contribution in [2.45, 2.75) is 71.8 Å². The first kappa shape index (κ1) is 21.8. The Morgan fingerprint density at radius 3 is 2.52 bits per heavy atom. The molecule has 6 heteroatoms. The van der Waals surface area contributed by atoms with Crippen molar-refractivity contribution < 1.29 is 24.2 Å². The summed E-state index contributed by atoms with van der Waals surface area (Å²) >= 11 is 0. The second-order valence-electron chi connectivity index (χ2n) is 9.13. The Morgan fingerprint density at radius 1 is 1.28 bits per heavy atom. The van der Waals surface area contributed by atoms with Crippen LogP contribution in [0.15, 0.2) is 24.3 Å². The zero-order valence-electron chi connectivity index (χ0n) is 18.1. The fraction of sp³-hybridized carbons (Fsp3) is 0.652. The van der Waals surface area contributed by atoms with Crippen LogP contribution in [0.25, 0.3) is 0 Å². The van der Waals surface area contributed by atoms with E-state index in [0.717, 1.165) is 17.5 Å². The number of benzene rings is 1. The van der Waals surface area contributed by atoms with E-state index in [2.05, 4.69) is 0 Å². The van der Waals surface area contributed by atoms with Gasteiger partial charge < -0.3 is 19.5 Å². The molecule has 2 heterocycles. The van der Waals surface area contributed by atoms with E-state index in [0.29, 0.717) is 13.0 Å². The van der Waals surface area contributed by atoms with E-state index in [1.54, 1.807) is 11.8 Å². The van der Waals surface area contributed by atoms with Gasteiger partial charge in [0.1, 0.15) is 12.1 Å². The van der Waals surface area contributed by atoms with Gasteiger partial charge >= 0.3 is 5.97 Å². The summed E-state index contributed by atoms with van der Waals surface area (Å²) in [4.78, 5) is 28.2. The molecular weight excluding hydrogens is 370 g/mol. The first-order chi connectivity index (χ1) is 13.7. The van der Waals surface area contributed by atoms with Crippen LogP contribution < -0.4 is 0 Å². The van der Waals surface area contributed by atoms with Gasteiger partial charge in [0.2, 0.25) is 0 Å². The lowest BCUT2D eigenvalue weighted by Crippen LogP contribution is -2.50. The number of aryl methyl sites for hydroxylation is 1. The summed E-state index contributed by atoms with van der Waals surface area (Å²) in [5, 5.41) is 11.5. The van der Waals surface area contributed by atoms with Crippen molar-refractivity contribution in [2.75, 3.05) is 13.2 Å². The molecule has 29 heavy (non-hydrogen) atoms. The van der Waals surface area contributed by atoms with Crippen molar-refractivity contribution in [3.05, 3.63) is 35.4 Å². The van der Waals surface area contributed by atoms with Crippen molar-refractivity contribution in [1.29, 1.82) is 0 Å². The molecule has 1 aromatic carbocycles. The number of esters is 1. The SMILES string of the molecule is CCOC(=O)[C@@H]1[C@@H](C(C)(C)C)[C@H](O)[C@H](c2ccccc2C)N1C(=O)[C@@H]1CCCO1. The molecular formula is C23H33NO5. The molecule has 5 atom stereocenters. The third-order valence-electron chi connectivity index (χ3n) is 6.13. The van der Waals surface area contributed by atoms with Crippen LogP contribution in [0.5, 0.6) is 0 Å². The molecule has 0 spiro atoms. The minimum atomic E-state index is -0.893. The number of amides is 1. The topological polar surface area (TPSA) is 76.1 Å². The van der Waals surface area contributed by atoms with E-state index < -0.39 is 41.6 Å². The third-order valence-corrected chi connectivity index (χ3v) is 6.13. The quantitative estimate of drug-likeness (QED) is 0.782. The predicted octanol–water partition coefficient (Wildman–Crippen LogP) is 3.01. The van der Waals surface area contributed by atoms with Crippen LogP contribution in [0, 0.1) is 18.3 Å². The van der Waals surface area contributed by atoms with Gasteiger partial charge in [0.25, 0.3) is 5.91 Å². The Morgan fingerprint density at radius 2 is 1.97 bits per heavy atom. The minimum Gasteiger partial charge on any atom is -0.464 e. The van der Waals surface area contributed by atoms with Crippen LogP contribution >= 0.6 is 0 Å². The molecule has 0 aromatic heterocycles. The van der Waals surface area contributed by atoms with Gasteiger partial charge in [-0.05, 0) is 43.2 Å². The highest BCUT2D eigenvalue weighted by molar-refractivity contribution is 5.89. The molecule has 1 N–H and O–H groups in total. The average Bonchev–Trinajstić information content (AvgIpc) is 3.28. The van der Waals surface area contributed by atoms with Crippen LogP contribution in [0.3, 0.4) is 0 Å². The zero-order valence-corrected chi connectivity index (χ0v) is 18.1. The Hall–Kier alpha value is -1.92. The highest BCUT2D eigenvalue weighted by Gasteiger charge is 2.59. The molecule has 0 saturated carbocycles. The standard InChI is InChI=1S/C23H33NO5/c1-6-28-22(27)19-17(23(3,4)5)20(25)18(15-11-8-7-10-14(15)2)24(19)21(26)16-12-9-13-29-16/h7-8,10-11,16-20,25H,6,9,12-13H2,1-5H3/t16-,17+,18-,19-,20-/m0/s1. The number of carbonyl (C=O) groups excluding carboxylic acids is 2. The summed E-state index contributed by atoms with van der Waals surface area (Å²) < 4.78 is 11.0. The summed E-state index contributed by atoms with van der Waals surface area (Å²) in [5.41, 5.74) is 1.41. The largest absolute Gasteiger partial charge is 0.464 e. The molecule has 2 fully saturated rings. The van der Waals surface area contributed by atoms with E-state index in [-0.39, 0.29) is 12.5 Å². The maximum Gasteiger partial charge on any atom is 0.329 e. The Kier molecular flexibility index (Phi) is 6.34. The van der Waals surface area contributed by atoms with Crippen molar-refractivity contribution in [3.63, 3.8) is 0 Å². The molecule has 0 aliphatic carbocycles. The number of hydrogen-bond donors (Lipinski definition) is 1. The fourth-order valence-corrected chi connectivity index (χ4v) is 4.83. The van der Waals surface area contributed by atoms with Gasteiger partial charge in [-0.15, -0.1) is 0 Å². The lowest BCUT2D eigenvalue weighted by atomic mass is 9.73. The van der Waals surface area contributed by atoms with E-state index in [9.17, 15) is 14.7 Å².